The molecule has 0 aliphatic rings. The lowest BCUT2D eigenvalue weighted by molar-refractivity contribution is -0.113. The number of benzene rings is 2. The van der Waals surface area contributed by atoms with Gasteiger partial charge in [0.15, 0.2) is 5.65 Å². The van der Waals surface area contributed by atoms with E-state index in [4.69, 9.17) is 9.47 Å². The predicted octanol–water partition coefficient (Wildman–Crippen LogP) is 3.93. The van der Waals surface area contributed by atoms with Crippen LogP contribution in [0.2, 0.25) is 0 Å². The van der Waals surface area contributed by atoms with E-state index in [1.165, 1.54) is 11.8 Å². The molecular formula is C22H21N5O3S. The van der Waals surface area contributed by atoms with Crippen LogP contribution >= 0.6 is 11.8 Å². The number of amides is 1. The van der Waals surface area contributed by atoms with E-state index >= 15 is 0 Å². The third-order valence-electron chi connectivity index (χ3n) is 4.41. The van der Waals surface area contributed by atoms with Crippen LogP contribution in [-0.4, -0.2) is 45.2 Å². The van der Waals surface area contributed by atoms with E-state index in [-0.39, 0.29) is 11.7 Å². The normalized spacial score (nSPS) is 10.8. The maximum absolute atomic E-state index is 12.5. The number of para-hydroxylation sites is 2. The van der Waals surface area contributed by atoms with Gasteiger partial charge in [-0.25, -0.2) is 0 Å². The van der Waals surface area contributed by atoms with Crippen LogP contribution in [0, 0.1) is 0 Å². The van der Waals surface area contributed by atoms with Crippen molar-refractivity contribution in [3.63, 3.8) is 0 Å². The van der Waals surface area contributed by atoms with Gasteiger partial charge in [0.2, 0.25) is 11.1 Å². The van der Waals surface area contributed by atoms with Gasteiger partial charge in [-0.3, -0.25) is 4.79 Å². The van der Waals surface area contributed by atoms with Crippen LogP contribution in [0.25, 0.3) is 16.9 Å². The van der Waals surface area contributed by atoms with Gasteiger partial charge in [-0.1, -0.05) is 23.9 Å². The molecule has 0 spiro atoms. The summed E-state index contributed by atoms with van der Waals surface area (Å²) in [7, 11) is 1.63. The molecule has 0 fully saturated rings. The topological polar surface area (TPSA) is 90.6 Å². The van der Waals surface area contributed by atoms with Crippen molar-refractivity contribution in [2.45, 2.75) is 12.1 Å². The summed E-state index contributed by atoms with van der Waals surface area (Å²) in [4.78, 5) is 12.5. The summed E-state index contributed by atoms with van der Waals surface area (Å²) in [6.45, 7) is 2.42. The third kappa shape index (κ3) is 4.77. The van der Waals surface area contributed by atoms with Crippen LogP contribution in [0.4, 0.5) is 5.69 Å². The van der Waals surface area contributed by atoms with Gasteiger partial charge in [0.25, 0.3) is 0 Å². The quantitative estimate of drug-likeness (QED) is 0.419. The number of carbonyl (C=O) groups excluding carboxylic acids is 1. The zero-order valence-corrected chi connectivity index (χ0v) is 17.9. The summed E-state index contributed by atoms with van der Waals surface area (Å²) in [5, 5.41) is 16.4. The monoisotopic (exact) mass is 435 g/mol. The number of anilines is 1. The fourth-order valence-corrected chi connectivity index (χ4v) is 3.63. The fraction of sp³-hybridized carbons (Fsp3) is 0.182. The molecule has 0 atom stereocenters. The lowest BCUT2D eigenvalue weighted by Crippen LogP contribution is -2.15. The highest BCUT2D eigenvalue weighted by Gasteiger charge is 2.13. The molecule has 1 amide bonds. The number of ether oxygens (including phenoxy) is 2. The van der Waals surface area contributed by atoms with Gasteiger partial charge in [0, 0.05) is 5.56 Å². The molecule has 9 heteroatoms. The zero-order valence-electron chi connectivity index (χ0n) is 17.1. The number of carbonyl (C=O) groups is 1. The second-order valence-electron chi connectivity index (χ2n) is 6.47. The smallest absolute Gasteiger partial charge is 0.234 e. The molecule has 2 heterocycles. The van der Waals surface area contributed by atoms with E-state index in [9.17, 15) is 4.79 Å². The van der Waals surface area contributed by atoms with Gasteiger partial charge in [-0.15, -0.1) is 10.2 Å². The molecule has 0 aliphatic carbocycles. The molecule has 1 N–H and O–H groups in total. The number of hydrogen-bond donors (Lipinski definition) is 1. The number of hydrogen-bond acceptors (Lipinski definition) is 7. The van der Waals surface area contributed by atoms with E-state index in [1.807, 2.05) is 67.6 Å². The minimum atomic E-state index is -0.166. The van der Waals surface area contributed by atoms with Crippen LogP contribution in [0.5, 0.6) is 11.5 Å². The van der Waals surface area contributed by atoms with Gasteiger partial charge < -0.3 is 14.8 Å². The van der Waals surface area contributed by atoms with Crippen LogP contribution in [0.1, 0.15) is 6.92 Å². The Morgan fingerprint density at radius 3 is 2.65 bits per heavy atom. The van der Waals surface area contributed by atoms with E-state index in [0.717, 1.165) is 17.0 Å². The molecular weight excluding hydrogens is 414 g/mol. The van der Waals surface area contributed by atoms with Gasteiger partial charge >= 0.3 is 0 Å². The van der Waals surface area contributed by atoms with E-state index in [2.05, 4.69) is 20.6 Å². The van der Waals surface area contributed by atoms with Crippen molar-refractivity contribution < 1.29 is 14.3 Å². The third-order valence-corrected chi connectivity index (χ3v) is 5.33. The minimum absolute atomic E-state index is 0.162. The number of nitrogens with one attached hydrogen (secondary N) is 1. The first-order chi connectivity index (χ1) is 15.2. The SMILES string of the molecule is CCOc1ccccc1NC(=O)CSc1nnc2ccc(-c3ccc(OC)cc3)nn12. The van der Waals surface area contributed by atoms with Gasteiger partial charge in [0.05, 0.1) is 30.9 Å². The van der Waals surface area contributed by atoms with Crippen molar-refractivity contribution in [1.29, 1.82) is 0 Å². The first-order valence-corrected chi connectivity index (χ1v) is 10.7. The van der Waals surface area contributed by atoms with Crippen molar-refractivity contribution >= 4 is 29.0 Å². The molecule has 0 bridgehead atoms. The van der Waals surface area contributed by atoms with Gasteiger partial charge in [-0.2, -0.15) is 9.61 Å². The summed E-state index contributed by atoms with van der Waals surface area (Å²) in [5.41, 5.74) is 2.97. The van der Waals surface area contributed by atoms with Crippen LogP contribution in [0.3, 0.4) is 0 Å². The highest BCUT2D eigenvalue weighted by atomic mass is 32.2. The Labute approximate surface area is 183 Å². The number of fused-ring (bicyclic) bond motifs is 1. The Kier molecular flexibility index (Phi) is 6.32. The van der Waals surface area contributed by atoms with E-state index in [0.29, 0.717) is 28.8 Å². The first-order valence-electron chi connectivity index (χ1n) is 9.69. The molecule has 2 aromatic heterocycles. The standard InChI is InChI=1S/C22H21N5O3S/c1-3-30-19-7-5-4-6-18(19)23-21(28)14-31-22-25-24-20-13-12-17(26-27(20)22)15-8-10-16(29-2)11-9-15/h4-13H,3,14H2,1-2H3,(H,23,28). The van der Waals surface area contributed by atoms with E-state index in [1.54, 1.807) is 11.6 Å². The molecule has 4 aromatic rings. The highest BCUT2D eigenvalue weighted by molar-refractivity contribution is 7.99. The average Bonchev–Trinajstić information content (AvgIpc) is 3.21. The highest BCUT2D eigenvalue weighted by Crippen LogP contribution is 2.25. The fourth-order valence-electron chi connectivity index (χ4n) is 2.94. The largest absolute Gasteiger partial charge is 0.497 e. The maximum atomic E-state index is 12.5. The molecule has 8 nitrogen and oxygen atoms in total. The molecule has 158 valence electrons. The number of aromatic nitrogens is 4. The lowest BCUT2D eigenvalue weighted by atomic mass is 10.1. The molecule has 2 aromatic carbocycles. The Morgan fingerprint density at radius 2 is 1.87 bits per heavy atom. The Hall–Kier alpha value is -3.59. The maximum Gasteiger partial charge on any atom is 0.234 e. The van der Waals surface area contributed by atoms with Gasteiger partial charge in [-0.05, 0) is 55.5 Å². The van der Waals surface area contributed by atoms with E-state index < -0.39 is 0 Å². The first kappa shape index (κ1) is 20.7. The molecule has 31 heavy (non-hydrogen) atoms. The lowest BCUT2D eigenvalue weighted by Gasteiger charge is -2.10. The van der Waals surface area contributed by atoms with Crippen molar-refractivity contribution in [3.05, 3.63) is 60.7 Å². The number of thioether (sulfide) groups is 1. The molecule has 4 rings (SSSR count). The Morgan fingerprint density at radius 1 is 1.06 bits per heavy atom. The number of rotatable bonds is 8. The second-order valence-corrected chi connectivity index (χ2v) is 7.41. The van der Waals surface area contributed by atoms with Crippen molar-refractivity contribution in [2.24, 2.45) is 0 Å². The summed E-state index contributed by atoms with van der Waals surface area (Å²) >= 11 is 1.27. The van der Waals surface area contributed by atoms with Crippen LogP contribution < -0.4 is 14.8 Å². The molecule has 0 radical (unpaired) electrons. The Bertz CT molecular complexity index is 1190. The molecule has 0 unspecified atom stereocenters. The Balaban J connectivity index is 1.48. The zero-order chi connectivity index (χ0) is 21.6. The molecule has 0 saturated carbocycles. The average molecular weight is 436 g/mol. The van der Waals surface area contributed by atoms with Crippen molar-refractivity contribution in [1.82, 2.24) is 19.8 Å². The van der Waals surface area contributed by atoms with Crippen LogP contribution in [-0.2, 0) is 4.79 Å². The minimum Gasteiger partial charge on any atom is -0.497 e. The summed E-state index contributed by atoms with van der Waals surface area (Å²) in [5.74, 6) is 1.42. The van der Waals surface area contributed by atoms with Gasteiger partial charge in [0.1, 0.15) is 11.5 Å². The molecule has 0 aliphatic heterocycles. The predicted molar refractivity (Wildman–Crippen MR) is 120 cm³/mol. The number of nitrogens with zero attached hydrogens (tertiary/aromatic N) is 4. The summed E-state index contributed by atoms with van der Waals surface area (Å²) in [6.07, 6.45) is 0. The second kappa shape index (κ2) is 9.48. The summed E-state index contributed by atoms with van der Waals surface area (Å²) < 4.78 is 12.4. The number of methoxy groups -OCH3 is 1. The van der Waals surface area contributed by atoms with Crippen molar-refractivity contribution in [3.8, 4) is 22.8 Å². The van der Waals surface area contributed by atoms with Crippen LogP contribution in [0.15, 0.2) is 65.8 Å². The summed E-state index contributed by atoms with van der Waals surface area (Å²) in [6, 6.07) is 18.7. The molecule has 0 saturated heterocycles. The van der Waals surface area contributed by atoms with Crippen molar-refractivity contribution in [2.75, 3.05) is 24.8 Å².